The smallest absolute Gasteiger partial charge is 0.358 e. The van der Waals surface area contributed by atoms with Crippen LogP contribution in [0.4, 0.5) is 17.6 Å². The number of rotatable bonds is 17. The number of hydrogen-bond donors (Lipinski definition) is 3. The Bertz CT molecular complexity index is 1680. The second-order valence-corrected chi connectivity index (χ2v) is 13.4. The Morgan fingerprint density at radius 3 is 2.38 bits per heavy atom. The van der Waals surface area contributed by atoms with Crippen LogP contribution < -0.4 is 10.6 Å². The lowest BCUT2D eigenvalue weighted by Crippen LogP contribution is -2.59. The van der Waals surface area contributed by atoms with Crippen LogP contribution in [0.15, 0.2) is 42.5 Å². The molecule has 272 valence electrons. The SMILES string of the molecule is CCC(C)[C@H](CC(=O)Cc1ccccc1F)C(=O)N[C@]1(C(=O)CCC(=O)NCCN(CC)CC)CCc2[nH]c3c(C(F)(F)F)cccc3c2C1. The van der Waals surface area contributed by atoms with E-state index in [-0.39, 0.29) is 73.6 Å². The van der Waals surface area contributed by atoms with Crippen LogP contribution in [-0.2, 0) is 44.6 Å². The van der Waals surface area contributed by atoms with Crippen LogP contribution >= 0.6 is 0 Å². The number of carbonyl (C=O) groups is 4. The summed E-state index contributed by atoms with van der Waals surface area (Å²) in [6.45, 7) is 10.5. The van der Waals surface area contributed by atoms with Crippen molar-refractivity contribution >= 4 is 34.3 Å². The van der Waals surface area contributed by atoms with Crippen LogP contribution in [0.5, 0.6) is 0 Å². The van der Waals surface area contributed by atoms with E-state index in [0.29, 0.717) is 36.2 Å². The molecule has 0 fully saturated rings. The maximum Gasteiger partial charge on any atom is 0.418 e. The summed E-state index contributed by atoms with van der Waals surface area (Å²) in [6.07, 6.45) is -4.54. The van der Waals surface area contributed by atoms with E-state index in [1.165, 1.54) is 24.3 Å². The number of H-pyrrole nitrogens is 1. The number of halogens is 4. The van der Waals surface area contributed by atoms with Crippen molar-refractivity contribution < 1.29 is 36.7 Å². The van der Waals surface area contributed by atoms with Gasteiger partial charge < -0.3 is 20.5 Å². The zero-order chi connectivity index (χ0) is 36.6. The number of aryl methyl sites for hydroxylation is 1. The highest BCUT2D eigenvalue weighted by Crippen LogP contribution is 2.40. The van der Waals surface area contributed by atoms with Gasteiger partial charge in [-0.3, -0.25) is 19.2 Å². The summed E-state index contributed by atoms with van der Waals surface area (Å²) in [6, 6.07) is 9.82. The maximum absolute atomic E-state index is 14.3. The second-order valence-electron chi connectivity index (χ2n) is 13.4. The van der Waals surface area contributed by atoms with E-state index in [4.69, 9.17) is 0 Å². The zero-order valence-electron chi connectivity index (χ0n) is 29.3. The lowest BCUT2D eigenvalue weighted by Gasteiger charge is -2.38. The van der Waals surface area contributed by atoms with Gasteiger partial charge in [-0.25, -0.2) is 4.39 Å². The summed E-state index contributed by atoms with van der Waals surface area (Å²) in [5.74, 6) is -3.22. The first-order valence-corrected chi connectivity index (χ1v) is 17.5. The fourth-order valence-corrected chi connectivity index (χ4v) is 6.91. The molecule has 3 atom stereocenters. The first kappa shape index (κ1) is 38.7. The summed E-state index contributed by atoms with van der Waals surface area (Å²) in [5.41, 5.74) is -1.14. The van der Waals surface area contributed by atoms with Crippen molar-refractivity contribution in [3.05, 3.63) is 70.7 Å². The number of nitrogens with one attached hydrogen (secondary N) is 3. The topological polar surface area (TPSA) is 111 Å². The molecule has 4 rings (SSSR count). The molecule has 8 nitrogen and oxygen atoms in total. The zero-order valence-corrected chi connectivity index (χ0v) is 29.3. The number of aromatic nitrogens is 1. The van der Waals surface area contributed by atoms with Crippen molar-refractivity contribution in [2.45, 2.75) is 90.8 Å². The molecule has 1 aliphatic carbocycles. The number of ketones is 2. The van der Waals surface area contributed by atoms with Gasteiger partial charge in [-0.1, -0.05) is 64.4 Å². The molecule has 0 saturated heterocycles. The Morgan fingerprint density at radius 1 is 1.00 bits per heavy atom. The standard InChI is InChI=1S/C38H48F4N4O4/c1-5-24(4)28(22-26(47)21-25-11-8-9-14-31(25)39)36(50)45-37(33(48)15-16-34(49)43-19-20-46(6-2)7-3)18-17-32-29(23-37)27-12-10-13-30(35(27)44-32)38(40,41)42/h8-14,24,28,44H,5-7,15-23H2,1-4H3,(H,43,49)(H,45,50)/t24?,28-,37+/m0/s1. The fourth-order valence-electron chi connectivity index (χ4n) is 6.91. The van der Waals surface area contributed by atoms with Gasteiger partial charge in [0.05, 0.1) is 11.1 Å². The van der Waals surface area contributed by atoms with Crippen molar-refractivity contribution in [2.24, 2.45) is 11.8 Å². The van der Waals surface area contributed by atoms with E-state index in [2.05, 4.69) is 20.5 Å². The highest BCUT2D eigenvalue weighted by Gasteiger charge is 2.45. The van der Waals surface area contributed by atoms with Crippen molar-refractivity contribution in [1.29, 1.82) is 0 Å². The Hall–Kier alpha value is -4.06. The molecule has 50 heavy (non-hydrogen) atoms. The van der Waals surface area contributed by atoms with Crippen molar-refractivity contribution in [3.8, 4) is 0 Å². The normalized spacial score (nSPS) is 17.3. The number of alkyl halides is 3. The minimum Gasteiger partial charge on any atom is -0.358 e. The molecule has 3 aromatic rings. The molecule has 12 heteroatoms. The van der Waals surface area contributed by atoms with Crippen LogP contribution in [0, 0.1) is 17.7 Å². The van der Waals surface area contributed by atoms with Gasteiger partial charge in [0.15, 0.2) is 5.78 Å². The van der Waals surface area contributed by atoms with E-state index < -0.39 is 40.7 Å². The molecule has 1 aliphatic rings. The summed E-state index contributed by atoms with van der Waals surface area (Å²) in [7, 11) is 0. The van der Waals surface area contributed by atoms with Gasteiger partial charge in [-0.2, -0.15) is 13.2 Å². The van der Waals surface area contributed by atoms with Crippen LogP contribution in [0.2, 0.25) is 0 Å². The third kappa shape index (κ3) is 9.18. The average molecular weight is 701 g/mol. The predicted octanol–water partition coefficient (Wildman–Crippen LogP) is 6.34. The monoisotopic (exact) mass is 700 g/mol. The molecule has 0 bridgehead atoms. The number of aromatic amines is 1. The first-order chi connectivity index (χ1) is 23.7. The van der Waals surface area contributed by atoms with Gasteiger partial charge in [0.25, 0.3) is 0 Å². The predicted molar refractivity (Wildman–Crippen MR) is 184 cm³/mol. The fraction of sp³-hybridized carbons (Fsp3) is 0.526. The summed E-state index contributed by atoms with van der Waals surface area (Å²) in [5, 5.41) is 6.13. The van der Waals surface area contributed by atoms with E-state index >= 15 is 0 Å². The lowest BCUT2D eigenvalue weighted by atomic mass is 9.74. The van der Waals surface area contributed by atoms with Gasteiger partial charge in [0, 0.05) is 62.2 Å². The van der Waals surface area contributed by atoms with Crippen LogP contribution in [0.1, 0.15) is 82.2 Å². The number of likely N-dealkylation sites (N-methyl/N-ethyl adjacent to an activating group) is 1. The van der Waals surface area contributed by atoms with Gasteiger partial charge in [-0.05, 0) is 55.1 Å². The van der Waals surface area contributed by atoms with E-state index in [9.17, 15) is 36.7 Å². The molecule has 0 radical (unpaired) electrons. The number of para-hydroxylation sites is 1. The van der Waals surface area contributed by atoms with Crippen molar-refractivity contribution in [1.82, 2.24) is 20.5 Å². The maximum atomic E-state index is 14.3. The third-order valence-electron chi connectivity index (χ3n) is 10.2. The van der Waals surface area contributed by atoms with Crippen molar-refractivity contribution in [2.75, 3.05) is 26.2 Å². The number of benzene rings is 2. The highest BCUT2D eigenvalue weighted by atomic mass is 19.4. The number of amides is 2. The molecule has 0 saturated carbocycles. The molecular formula is C38H48F4N4O4. The highest BCUT2D eigenvalue weighted by molar-refractivity contribution is 5.98. The Labute approximate surface area is 290 Å². The summed E-state index contributed by atoms with van der Waals surface area (Å²) >= 11 is 0. The van der Waals surface area contributed by atoms with Gasteiger partial charge in [0.2, 0.25) is 11.8 Å². The summed E-state index contributed by atoms with van der Waals surface area (Å²) < 4.78 is 56.1. The number of nitrogens with zero attached hydrogens (tertiary/aromatic N) is 1. The number of carbonyl (C=O) groups excluding carboxylic acids is 4. The van der Waals surface area contributed by atoms with Gasteiger partial charge in [-0.15, -0.1) is 0 Å². The summed E-state index contributed by atoms with van der Waals surface area (Å²) in [4.78, 5) is 59.4. The quantitative estimate of drug-likeness (QED) is 0.142. The van der Waals surface area contributed by atoms with E-state index in [1.807, 2.05) is 27.7 Å². The molecule has 0 spiro atoms. The Balaban J connectivity index is 1.61. The third-order valence-corrected chi connectivity index (χ3v) is 10.2. The molecule has 1 unspecified atom stereocenters. The van der Waals surface area contributed by atoms with E-state index in [0.717, 1.165) is 19.2 Å². The van der Waals surface area contributed by atoms with Gasteiger partial charge >= 0.3 is 6.18 Å². The molecular weight excluding hydrogens is 652 g/mol. The van der Waals surface area contributed by atoms with Crippen LogP contribution in [-0.4, -0.2) is 65.0 Å². The molecule has 0 aliphatic heterocycles. The molecule has 1 aromatic heterocycles. The van der Waals surface area contributed by atoms with Crippen molar-refractivity contribution in [3.63, 3.8) is 0 Å². The largest absolute Gasteiger partial charge is 0.418 e. The Morgan fingerprint density at radius 2 is 1.72 bits per heavy atom. The first-order valence-electron chi connectivity index (χ1n) is 17.5. The molecule has 2 amide bonds. The lowest BCUT2D eigenvalue weighted by molar-refractivity contribution is -0.137. The Kier molecular flexibility index (Phi) is 13.0. The molecule has 2 aromatic carbocycles. The second kappa shape index (κ2) is 16.8. The van der Waals surface area contributed by atoms with Crippen LogP contribution in [0.25, 0.3) is 10.9 Å². The number of hydrogen-bond acceptors (Lipinski definition) is 5. The van der Waals surface area contributed by atoms with Gasteiger partial charge in [0.1, 0.15) is 17.1 Å². The van der Waals surface area contributed by atoms with E-state index in [1.54, 1.807) is 12.1 Å². The number of fused-ring (bicyclic) bond motifs is 3. The number of Topliss-reactive ketones (excluding diaryl/α,β-unsaturated/α-hetero) is 2. The minimum atomic E-state index is -4.61. The average Bonchev–Trinajstić information content (AvgIpc) is 3.45. The molecule has 1 heterocycles. The molecule has 3 N–H and O–H groups in total. The van der Waals surface area contributed by atoms with Crippen LogP contribution in [0.3, 0.4) is 0 Å². The minimum absolute atomic E-state index is 0.0752.